The summed E-state index contributed by atoms with van der Waals surface area (Å²) in [4.78, 5) is 12.8. The van der Waals surface area contributed by atoms with Gasteiger partial charge in [-0.15, -0.1) is 0 Å². The third-order valence-corrected chi connectivity index (χ3v) is 2.87. The number of nitrogens with zero attached hydrogens (tertiary/aromatic N) is 3. The molecule has 0 aliphatic carbocycles. The first kappa shape index (κ1) is 15.0. The summed E-state index contributed by atoms with van der Waals surface area (Å²) in [7, 11) is 0. The molecule has 2 rings (SSSR count). The monoisotopic (exact) mass is 287 g/mol. The van der Waals surface area contributed by atoms with Crippen LogP contribution in [0.1, 0.15) is 32.4 Å². The molecule has 0 aliphatic rings. The zero-order chi connectivity index (χ0) is 15.1. The molecule has 2 aromatic rings. The lowest BCUT2D eigenvalue weighted by atomic mass is 10.1. The molecule has 0 amide bonds. The molecule has 0 saturated heterocycles. The van der Waals surface area contributed by atoms with E-state index < -0.39 is 0 Å². The van der Waals surface area contributed by atoms with E-state index >= 15 is 0 Å². The topological polar surface area (TPSA) is 72.0 Å². The van der Waals surface area contributed by atoms with Crippen LogP contribution in [0.25, 0.3) is 0 Å². The number of hydrogen-bond acceptors (Lipinski definition) is 6. The molecule has 1 atom stereocenters. The van der Waals surface area contributed by atoms with Gasteiger partial charge in [0.1, 0.15) is 0 Å². The predicted octanol–water partition coefficient (Wildman–Crippen LogP) is 2.88. The minimum atomic E-state index is 0.0950. The molecule has 2 N–H and O–H groups in total. The Morgan fingerprint density at radius 1 is 1.05 bits per heavy atom. The first-order valence-electron chi connectivity index (χ1n) is 7.17. The number of rotatable bonds is 7. The van der Waals surface area contributed by atoms with Gasteiger partial charge in [-0.3, -0.25) is 0 Å². The molecule has 6 heteroatoms. The number of aromatic nitrogens is 3. The van der Waals surface area contributed by atoms with Crippen molar-refractivity contribution in [3.8, 4) is 6.01 Å². The molecule has 1 aromatic heterocycles. The van der Waals surface area contributed by atoms with E-state index in [4.69, 9.17) is 4.74 Å². The van der Waals surface area contributed by atoms with Crippen molar-refractivity contribution >= 4 is 11.9 Å². The number of nitrogens with one attached hydrogen (secondary N) is 2. The second-order valence-corrected chi connectivity index (χ2v) is 4.51. The summed E-state index contributed by atoms with van der Waals surface area (Å²) in [6.45, 7) is 7.21. The van der Waals surface area contributed by atoms with Gasteiger partial charge in [-0.05, 0) is 26.3 Å². The smallest absolute Gasteiger partial charge is 0.323 e. The maximum atomic E-state index is 5.38. The second kappa shape index (κ2) is 7.42. The fraction of sp³-hybridized carbons (Fsp3) is 0.400. The SMILES string of the molecule is CCNc1nc(NC(C)c2ccccc2)nc(OCC)n1. The van der Waals surface area contributed by atoms with Crippen LogP contribution in [0, 0.1) is 0 Å². The second-order valence-electron chi connectivity index (χ2n) is 4.51. The average Bonchev–Trinajstić information content (AvgIpc) is 2.48. The Hall–Kier alpha value is -2.37. The van der Waals surface area contributed by atoms with Crippen molar-refractivity contribution in [3.63, 3.8) is 0 Å². The molecule has 0 fully saturated rings. The Morgan fingerprint density at radius 3 is 2.43 bits per heavy atom. The molecule has 0 spiro atoms. The van der Waals surface area contributed by atoms with Gasteiger partial charge in [0.15, 0.2) is 0 Å². The predicted molar refractivity (Wildman–Crippen MR) is 83.6 cm³/mol. The fourth-order valence-electron chi connectivity index (χ4n) is 1.87. The van der Waals surface area contributed by atoms with Crippen LogP contribution >= 0.6 is 0 Å². The van der Waals surface area contributed by atoms with Gasteiger partial charge in [0, 0.05) is 6.54 Å². The van der Waals surface area contributed by atoms with E-state index in [2.05, 4.69) is 44.6 Å². The standard InChI is InChI=1S/C15H21N5O/c1-4-16-13-18-14(20-15(19-13)21-5-2)17-11(3)12-9-7-6-8-10-12/h6-11H,4-5H2,1-3H3,(H2,16,17,18,19,20). The molecule has 0 radical (unpaired) electrons. The zero-order valence-electron chi connectivity index (χ0n) is 12.6. The Labute approximate surface area is 125 Å². The Kier molecular flexibility index (Phi) is 5.31. The summed E-state index contributed by atoms with van der Waals surface area (Å²) in [5, 5.41) is 6.35. The van der Waals surface area contributed by atoms with Gasteiger partial charge in [-0.25, -0.2) is 0 Å². The summed E-state index contributed by atoms with van der Waals surface area (Å²) in [5.41, 5.74) is 1.17. The molecule has 0 saturated carbocycles. The molecule has 1 unspecified atom stereocenters. The number of hydrogen-bond donors (Lipinski definition) is 2. The van der Waals surface area contributed by atoms with Crippen LogP contribution in [-0.4, -0.2) is 28.1 Å². The summed E-state index contributed by atoms with van der Waals surface area (Å²) in [5.74, 6) is 1.01. The van der Waals surface area contributed by atoms with Crippen LogP contribution < -0.4 is 15.4 Å². The van der Waals surface area contributed by atoms with Gasteiger partial charge in [0.25, 0.3) is 0 Å². The van der Waals surface area contributed by atoms with Crippen molar-refractivity contribution < 1.29 is 4.74 Å². The van der Waals surface area contributed by atoms with Crippen LogP contribution in [0.5, 0.6) is 6.01 Å². The van der Waals surface area contributed by atoms with Gasteiger partial charge >= 0.3 is 6.01 Å². The summed E-state index contributed by atoms with van der Waals surface area (Å²) in [6.07, 6.45) is 0. The van der Waals surface area contributed by atoms with E-state index in [9.17, 15) is 0 Å². The van der Waals surface area contributed by atoms with Crippen molar-refractivity contribution in [2.75, 3.05) is 23.8 Å². The molecule has 112 valence electrons. The number of anilines is 2. The fourth-order valence-corrected chi connectivity index (χ4v) is 1.87. The molecule has 1 heterocycles. The third kappa shape index (κ3) is 4.30. The van der Waals surface area contributed by atoms with Crippen molar-refractivity contribution in [2.24, 2.45) is 0 Å². The molecule has 1 aromatic carbocycles. The van der Waals surface area contributed by atoms with E-state index in [1.165, 1.54) is 5.56 Å². The Bertz CT molecular complexity index is 537. The van der Waals surface area contributed by atoms with Crippen molar-refractivity contribution in [1.29, 1.82) is 0 Å². The van der Waals surface area contributed by atoms with E-state index in [0.717, 1.165) is 6.54 Å². The van der Waals surface area contributed by atoms with Crippen LogP contribution in [0.2, 0.25) is 0 Å². The molecule has 21 heavy (non-hydrogen) atoms. The maximum Gasteiger partial charge on any atom is 0.323 e. The first-order chi connectivity index (χ1) is 10.2. The summed E-state index contributed by atoms with van der Waals surface area (Å²) >= 11 is 0. The van der Waals surface area contributed by atoms with Crippen LogP contribution in [0.3, 0.4) is 0 Å². The van der Waals surface area contributed by atoms with Gasteiger partial charge in [-0.2, -0.15) is 15.0 Å². The lowest BCUT2D eigenvalue weighted by molar-refractivity contribution is 0.312. The maximum absolute atomic E-state index is 5.38. The highest BCUT2D eigenvalue weighted by molar-refractivity contribution is 5.38. The normalized spacial score (nSPS) is 11.8. The van der Waals surface area contributed by atoms with Crippen LogP contribution in [0.4, 0.5) is 11.9 Å². The number of benzene rings is 1. The van der Waals surface area contributed by atoms with E-state index in [0.29, 0.717) is 24.5 Å². The highest BCUT2D eigenvalue weighted by Gasteiger charge is 2.10. The first-order valence-corrected chi connectivity index (χ1v) is 7.17. The molecule has 0 bridgehead atoms. The minimum Gasteiger partial charge on any atom is -0.464 e. The van der Waals surface area contributed by atoms with Crippen LogP contribution in [0.15, 0.2) is 30.3 Å². The average molecular weight is 287 g/mol. The van der Waals surface area contributed by atoms with E-state index in [1.807, 2.05) is 32.0 Å². The molecule has 0 aliphatic heterocycles. The van der Waals surface area contributed by atoms with Gasteiger partial charge in [0.2, 0.25) is 11.9 Å². The minimum absolute atomic E-state index is 0.0950. The van der Waals surface area contributed by atoms with E-state index in [-0.39, 0.29) is 6.04 Å². The van der Waals surface area contributed by atoms with Crippen molar-refractivity contribution in [2.45, 2.75) is 26.8 Å². The molecule has 6 nitrogen and oxygen atoms in total. The van der Waals surface area contributed by atoms with Gasteiger partial charge < -0.3 is 15.4 Å². The summed E-state index contributed by atoms with van der Waals surface area (Å²) in [6, 6.07) is 10.6. The van der Waals surface area contributed by atoms with E-state index in [1.54, 1.807) is 0 Å². The summed E-state index contributed by atoms with van der Waals surface area (Å²) < 4.78 is 5.38. The highest BCUT2D eigenvalue weighted by atomic mass is 16.5. The molecular weight excluding hydrogens is 266 g/mol. The van der Waals surface area contributed by atoms with Gasteiger partial charge in [-0.1, -0.05) is 30.3 Å². The number of ether oxygens (including phenoxy) is 1. The lowest BCUT2D eigenvalue weighted by Crippen LogP contribution is -2.13. The Morgan fingerprint density at radius 2 is 1.76 bits per heavy atom. The van der Waals surface area contributed by atoms with Gasteiger partial charge in [0.05, 0.1) is 12.6 Å². The lowest BCUT2D eigenvalue weighted by Gasteiger charge is -2.15. The molecular formula is C15H21N5O. The van der Waals surface area contributed by atoms with Crippen molar-refractivity contribution in [1.82, 2.24) is 15.0 Å². The highest BCUT2D eigenvalue weighted by Crippen LogP contribution is 2.18. The largest absolute Gasteiger partial charge is 0.464 e. The van der Waals surface area contributed by atoms with Crippen molar-refractivity contribution in [3.05, 3.63) is 35.9 Å². The third-order valence-electron chi connectivity index (χ3n) is 2.87. The van der Waals surface area contributed by atoms with Crippen LogP contribution in [-0.2, 0) is 0 Å². The zero-order valence-corrected chi connectivity index (χ0v) is 12.6. The Balaban J connectivity index is 2.18. The quantitative estimate of drug-likeness (QED) is 0.816.